The molecule has 0 spiro atoms. The molecule has 4 aromatic rings. The normalized spacial score (nSPS) is 15.2. The highest BCUT2D eigenvalue weighted by atomic mass is 16.7. The van der Waals surface area contributed by atoms with E-state index < -0.39 is 71.1 Å². The first-order valence-electron chi connectivity index (χ1n) is 22.5. The molecule has 2 heterocycles. The molecule has 1 aliphatic heterocycles. The van der Waals surface area contributed by atoms with Crippen molar-refractivity contribution < 1.29 is 43.3 Å². The Morgan fingerprint density at radius 2 is 1.35 bits per heavy atom. The minimum absolute atomic E-state index is 0.00504. The van der Waals surface area contributed by atoms with E-state index in [0.717, 1.165) is 27.9 Å². The van der Waals surface area contributed by atoms with E-state index in [1.807, 2.05) is 131 Å². The summed E-state index contributed by atoms with van der Waals surface area (Å²) in [5.41, 5.74) is 2.64. The third-order valence-electron chi connectivity index (χ3n) is 11.4. The maximum Gasteiger partial charge on any atom is 0.514 e. The van der Waals surface area contributed by atoms with Gasteiger partial charge in [-0.2, -0.15) is 0 Å². The van der Waals surface area contributed by atoms with E-state index in [1.54, 1.807) is 36.8 Å². The van der Waals surface area contributed by atoms with Crippen LogP contribution < -0.4 is 16.0 Å². The van der Waals surface area contributed by atoms with Gasteiger partial charge in [0.05, 0.1) is 11.7 Å². The van der Waals surface area contributed by atoms with Crippen LogP contribution in [0.2, 0.25) is 0 Å². The van der Waals surface area contributed by atoms with Gasteiger partial charge in [-0.1, -0.05) is 139 Å². The van der Waals surface area contributed by atoms with Crippen LogP contribution in [0.15, 0.2) is 109 Å². The fourth-order valence-electron chi connectivity index (χ4n) is 8.22. The SMILES string of the molecule is CCCC(=O)O[C@@H](C[C@H](Cc1ccc(-c2ccccn2)cc1)NC(=O)[C@@H](NC(=O)OC(=O)O)C(C)(C)C)[C@H](Cc1ccccc1)NC(=O)[C@@H](N1CCN(Cc2ccccc2)C1=O)C(C)(C)C. The summed E-state index contributed by atoms with van der Waals surface area (Å²) in [6.07, 6.45) is -1.40. The molecular formula is C51H64N6O9. The lowest BCUT2D eigenvalue weighted by molar-refractivity contribution is -0.152. The summed E-state index contributed by atoms with van der Waals surface area (Å²) in [4.78, 5) is 88.6. The molecule has 0 aliphatic carbocycles. The van der Waals surface area contributed by atoms with Crippen LogP contribution in [0.5, 0.6) is 0 Å². The number of nitrogens with one attached hydrogen (secondary N) is 3. The van der Waals surface area contributed by atoms with Gasteiger partial charge in [0.2, 0.25) is 11.8 Å². The minimum Gasteiger partial charge on any atom is -0.460 e. The summed E-state index contributed by atoms with van der Waals surface area (Å²) in [7, 11) is 0. The molecule has 1 saturated heterocycles. The predicted octanol–water partition coefficient (Wildman–Crippen LogP) is 7.78. The summed E-state index contributed by atoms with van der Waals surface area (Å²) < 4.78 is 10.6. The quantitative estimate of drug-likeness (QED) is 0.0533. The van der Waals surface area contributed by atoms with Gasteiger partial charge >= 0.3 is 24.2 Å². The number of urea groups is 1. The Hall–Kier alpha value is -6.77. The second kappa shape index (κ2) is 22.9. The summed E-state index contributed by atoms with van der Waals surface area (Å²) in [5.74, 6) is -1.55. The number of ether oxygens (including phenoxy) is 2. The molecule has 1 fully saturated rings. The second-order valence-electron chi connectivity index (χ2n) is 18.9. The third-order valence-corrected chi connectivity index (χ3v) is 11.4. The first kappa shape index (κ1) is 50.2. The van der Waals surface area contributed by atoms with Crippen LogP contribution in [-0.2, 0) is 43.2 Å². The van der Waals surface area contributed by atoms with Crippen molar-refractivity contribution in [2.75, 3.05) is 13.1 Å². The first-order valence-corrected chi connectivity index (χ1v) is 22.5. The molecule has 352 valence electrons. The molecular weight excluding hydrogens is 841 g/mol. The number of esters is 1. The lowest BCUT2D eigenvalue weighted by Gasteiger charge is -2.39. The molecule has 0 saturated carbocycles. The van der Waals surface area contributed by atoms with Crippen molar-refractivity contribution in [2.24, 2.45) is 10.8 Å². The van der Waals surface area contributed by atoms with Crippen LogP contribution in [0.25, 0.3) is 11.3 Å². The maximum atomic E-state index is 15.0. The van der Waals surface area contributed by atoms with Crippen molar-refractivity contribution in [3.63, 3.8) is 0 Å². The highest BCUT2D eigenvalue weighted by Gasteiger charge is 2.45. The maximum absolute atomic E-state index is 15.0. The van der Waals surface area contributed by atoms with E-state index in [4.69, 9.17) is 9.84 Å². The number of hydrogen-bond acceptors (Lipinski definition) is 9. The number of rotatable bonds is 19. The van der Waals surface area contributed by atoms with E-state index in [-0.39, 0.29) is 31.7 Å². The Labute approximate surface area is 387 Å². The zero-order valence-electron chi connectivity index (χ0n) is 39.0. The molecule has 66 heavy (non-hydrogen) atoms. The summed E-state index contributed by atoms with van der Waals surface area (Å²) in [5, 5.41) is 17.8. The molecule has 3 aromatic carbocycles. The highest BCUT2D eigenvalue weighted by molar-refractivity contribution is 5.90. The molecule has 0 unspecified atom stereocenters. The third kappa shape index (κ3) is 14.6. The van der Waals surface area contributed by atoms with E-state index in [0.29, 0.717) is 26.1 Å². The van der Waals surface area contributed by atoms with Crippen LogP contribution in [0.4, 0.5) is 14.4 Å². The molecule has 5 amide bonds. The zero-order chi connectivity index (χ0) is 48.0. The fraction of sp³-hybridized carbons (Fsp3) is 0.431. The number of alkyl carbamates (subject to hydrolysis) is 1. The van der Waals surface area contributed by atoms with E-state index >= 15 is 0 Å². The molecule has 5 atom stereocenters. The second-order valence-corrected chi connectivity index (χ2v) is 18.9. The van der Waals surface area contributed by atoms with Gasteiger partial charge in [-0.05, 0) is 58.9 Å². The van der Waals surface area contributed by atoms with Gasteiger partial charge in [0.1, 0.15) is 18.2 Å². The Morgan fingerprint density at radius 3 is 1.92 bits per heavy atom. The molecule has 0 bridgehead atoms. The Balaban J connectivity index is 1.53. The van der Waals surface area contributed by atoms with Crippen molar-refractivity contribution in [1.82, 2.24) is 30.7 Å². The number of nitrogens with zero attached hydrogens (tertiary/aromatic N) is 3. The lowest BCUT2D eigenvalue weighted by Crippen LogP contribution is -2.60. The average molecular weight is 905 g/mol. The summed E-state index contributed by atoms with van der Waals surface area (Å²) in [6.45, 7) is 13.9. The molecule has 5 rings (SSSR count). The van der Waals surface area contributed by atoms with Crippen molar-refractivity contribution in [3.05, 3.63) is 126 Å². The molecule has 15 nitrogen and oxygen atoms in total. The number of benzene rings is 3. The van der Waals surface area contributed by atoms with Gasteiger partial charge in [-0.15, -0.1) is 0 Å². The standard InChI is InChI=1S/C51H64N6O9/c1-8-17-42(58)65-41(32-38(30-35-23-25-37(26-24-35)39-22-15-16-27-52-39)53-45(59)43(50(2,3)4)55-47(61)66-49(63)64)40(31-34-18-11-9-12-19-34)54-46(60)44(51(5,6)7)57-29-28-56(48(57)62)33-36-20-13-10-14-21-36/h9-16,18-27,38,40-41,43-44H,8,17,28-33H2,1-7H3,(H,53,59)(H,54,60)(H,55,61)(H,63,64)/t38-,40-,41-,43+,44+/m0/s1. The van der Waals surface area contributed by atoms with Crippen LogP contribution in [0.3, 0.4) is 0 Å². The number of amides is 5. The monoisotopic (exact) mass is 904 g/mol. The van der Waals surface area contributed by atoms with Crippen molar-refractivity contribution in [3.8, 4) is 11.3 Å². The predicted molar refractivity (Wildman–Crippen MR) is 250 cm³/mol. The molecule has 4 N–H and O–H groups in total. The average Bonchev–Trinajstić information content (AvgIpc) is 3.60. The van der Waals surface area contributed by atoms with Gasteiger partial charge in [0, 0.05) is 50.3 Å². The number of aromatic nitrogens is 1. The van der Waals surface area contributed by atoms with Crippen LogP contribution in [0.1, 0.15) is 84.4 Å². The smallest absolute Gasteiger partial charge is 0.460 e. The van der Waals surface area contributed by atoms with Gasteiger partial charge < -0.3 is 40.3 Å². The lowest BCUT2D eigenvalue weighted by atomic mass is 9.84. The Bertz CT molecular complexity index is 2250. The van der Waals surface area contributed by atoms with Crippen LogP contribution >= 0.6 is 0 Å². The number of carbonyl (C=O) groups is 6. The van der Waals surface area contributed by atoms with Gasteiger partial charge in [-0.25, -0.2) is 14.4 Å². The Morgan fingerprint density at radius 1 is 0.727 bits per heavy atom. The fourth-order valence-corrected chi connectivity index (χ4v) is 8.22. The molecule has 15 heteroatoms. The van der Waals surface area contributed by atoms with Crippen LogP contribution in [0, 0.1) is 10.8 Å². The van der Waals surface area contributed by atoms with Crippen molar-refractivity contribution in [2.45, 2.75) is 117 Å². The topological polar surface area (TPSA) is 197 Å². The summed E-state index contributed by atoms with van der Waals surface area (Å²) >= 11 is 0. The largest absolute Gasteiger partial charge is 0.514 e. The van der Waals surface area contributed by atoms with Crippen molar-refractivity contribution in [1.29, 1.82) is 0 Å². The zero-order valence-corrected chi connectivity index (χ0v) is 39.0. The van der Waals surface area contributed by atoms with E-state index in [1.165, 1.54) is 0 Å². The molecule has 0 radical (unpaired) electrons. The van der Waals surface area contributed by atoms with Gasteiger partial charge in [0.15, 0.2) is 0 Å². The van der Waals surface area contributed by atoms with Crippen molar-refractivity contribution >= 4 is 36.1 Å². The summed E-state index contributed by atoms with van der Waals surface area (Å²) in [6, 6.07) is 28.4. The number of carbonyl (C=O) groups excluding carboxylic acids is 5. The molecule has 1 aromatic heterocycles. The Kier molecular flexibility index (Phi) is 17.4. The highest BCUT2D eigenvalue weighted by Crippen LogP contribution is 2.30. The van der Waals surface area contributed by atoms with E-state index in [2.05, 4.69) is 25.7 Å². The van der Waals surface area contributed by atoms with Gasteiger partial charge in [-0.3, -0.25) is 19.4 Å². The van der Waals surface area contributed by atoms with Gasteiger partial charge in [0.25, 0.3) is 0 Å². The van der Waals surface area contributed by atoms with Crippen LogP contribution in [-0.4, -0.2) is 99.3 Å². The number of carboxylic acid groups (broad SMARTS) is 1. The first-order chi connectivity index (χ1) is 31.3. The molecule has 1 aliphatic rings. The van der Waals surface area contributed by atoms with E-state index in [9.17, 15) is 28.8 Å². The number of hydrogen-bond donors (Lipinski definition) is 4. The number of pyridine rings is 1. The minimum atomic E-state index is -1.83.